The molecule has 0 saturated heterocycles. The van der Waals surface area contributed by atoms with E-state index in [0.717, 1.165) is 16.8 Å². The Morgan fingerprint density at radius 3 is 2.47 bits per heavy atom. The van der Waals surface area contributed by atoms with Crippen LogP contribution >= 0.6 is 0 Å². The molecule has 15 heavy (non-hydrogen) atoms. The third kappa shape index (κ3) is 1.99. The molecule has 0 atom stereocenters. The summed E-state index contributed by atoms with van der Waals surface area (Å²) in [6, 6.07) is 11.6. The van der Waals surface area contributed by atoms with Gasteiger partial charge in [0.2, 0.25) is 5.56 Å². The lowest BCUT2D eigenvalue weighted by Gasteiger charge is -2.05. The second-order valence-electron chi connectivity index (χ2n) is 3.75. The van der Waals surface area contributed by atoms with Crippen molar-refractivity contribution in [2.45, 2.75) is 13.8 Å². The second-order valence-corrected chi connectivity index (χ2v) is 3.75. The maximum absolute atomic E-state index is 11.3. The molecule has 1 N–H and O–H groups in total. The molecule has 0 saturated carbocycles. The minimum Gasteiger partial charge on any atom is -0.322 e. The predicted octanol–water partition coefficient (Wildman–Crippen LogP) is 2.66. The van der Waals surface area contributed by atoms with Gasteiger partial charge in [0.25, 0.3) is 0 Å². The Hall–Kier alpha value is -1.83. The average molecular weight is 199 g/mol. The highest BCUT2D eigenvalue weighted by Gasteiger charge is 2.02. The van der Waals surface area contributed by atoms with Crippen molar-refractivity contribution in [3.8, 4) is 11.3 Å². The fraction of sp³-hybridized carbons (Fsp3) is 0.154. The number of pyridine rings is 1. The molecule has 0 spiro atoms. The summed E-state index contributed by atoms with van der Waals surface area (Å²) < 4.78 is 0. The molecule has 2 nitrogen and oxygen atoms in total. The summed E-state index contributed by atoms with van der Waals surface area (Å²) in [7, 11) is 0. The van der Waals surface area contributed by atoms with Crippen LogP contribution in [0.1, 0.15) is 11.1 Å². The first-order valence-electron chi connectivity index (χ1n) is 4.94. The Labute approximate surface area is 88.6 Å². The van der Waals surface area contributed by atoms with Gasteiger partial charge in [-0.2, -0.15) is 0 Å². The van der Waals surface area contributed by atoms with Crippen LogP contribution in [-0.2, 0) is 0 Å². The van der Waals surface area contributed by atoms with Gasteiger partial charge in [0.05, 0.1) is 0 Å². The SMILES string of the molecule is Cc1cc(-c2ccccc2C)[nH]c(=O)c1. The van der Waals surface area contributed by atoms with Crippen LogP contribution in [-0.4, -0.2) is 4.98 Å². The van der Waals surface area contributed by atoms with Crippen LogP contribution in [0.4, 0.5) is 0 Å². The molecular formula is C13H13NO. The lowest BCUT2D eigenvalue weighted by Crippen LogP contribution is -2.06. The lowest BCUT2D eigenvalue weighted by atomic mass is 10.0. The number of H-pyrrole nitrogens is 1. The fourth-order valence-electron chi connectivity index (χ4n) is 1.70. The van der Waals surface area contributed by atoms with Crippen molar-refractivity contribution in [1.82, 2.24) is 4.98 Å². The molecule has 0 aliphatic carbocycles. The number of hydrogen-bond acceptors (Lipinski definition) is 1. The normalized spacial score (nSPS) is 10.3. The molecule has 1 heterocycles. The van der Waals surface area contributed by atoms with Crippen molar-refractivity contribution < 1.29 is 0 Å². The van der Waals surface area contributed by atoms with Crippen molar-refractivity contribution in [3.05, 3.63) is 57.9 Å². The highest BCUT2D eigenvalue weighted by Crippen LogP contribution is 2.20. The summed E-state index contributed by atoms with van der Waals surface area (Å²) in [6.07, 6.45) is 0. The van der Waals surface area contributed by atoms with Crippen LogP contribution in [0.15, 0.2) is 41.2 Å². The summed E-state index contributed by atoms with van der Waals surface area (Å²) in [6.45, 7) is 3.97. The number of benzene rings is 1. The summed E-state index contributed by atoms with van der Waals surface area (Å²) in [5.41, 5.74) is 4.07. The minimum atomic E-state index is -0.0479. The largest absolute Gasteiger partial charge is 0.322 e. The molecule has 0 radical (unpaired) electrons. The zero-order chi connectivity index (χ0) is 10.8. The van der Waals surface area contributed by atoms with Crippen LogP contribution in [0, 0.1) is 13.8 Å². The molecule has 2 aromatic rings. The summed E-state index contributed by atoms with van der Waals surface area (Å²) in [5, 5.41) is 0. The van der Waals surface area contributed by atoms with Gasteiger partial charge in [0.15, 0.2) is 0 Å². The van der Waals surface area contributed by atoms with Gasteiger partial charge in [-0.3, -0.25) is 4.79 Å². The number of rotatable bonds is 1. The topological polar surface area (TPSA) is 32.9 Å². The highest BCUT2D eigenvalue weighted by molar-refractivity contribution is 5.63. The van der Waals surface area contributed by atoms with E-state index in [4.69, 9.17) is 0 Å². The van der Waals surface area contributed by atoms with Crippen LogP contribution in [0.5, 0.6) is 0 Å². The van der Waals surface area contributed by atoms with E-state index in [-0.39, 0.29) is 5.56 Å². The van der Waals surface area contributed by atoms with Gasteiger partial charge < -0.3 is 4.98 Å². The van der Waals surface area contributed by atoms with E-state index in [2.05, 4.69) is 4.98 Å². The maximum atomic E-state index is 11.3. The number of aromatic nitrogens is 1. The Morgan fingerprint density at radius 2 is 1.80 bits per heavy atom. The Balaban J connectivity index is 2.64. The van der Waals surface area contributed by atoms with Crippen molar-refractivity contribution >= 4 is 0 Å². The average Bonchev–Trinajstić information content (AvgIpc) is 2.16. The standard InChI is InChI=1S/C13H13NO/c1-9-7-12(14-13(15)8-9)11-6-4-3-5-10(11)2/h3-8H,1-2H3,(H,14,15). The van der Waals surface area contributed by atoms with Crippen molar-refractivity contribution in [3.63, 3.8) is 0 Å². The second kappa shape index (κ2) is 3.73. The van der Waals surface area contributed by atoms with Crippen molar-refractivity contribution in [1.29, 1.82) is 0 Å². The first kappa shape index (κ1) is 9.71. The maximum Gasteiger partial charge on any atom is 0.248 e. The smallest absolute Gasteiger partial charge is 0.248 e. The highest BCUT2D eigenvalue weighted by atomic mass is 16.1. The van der Waals surface area contributed by atoms with Crippen LogP contribution < -0.4 is 5.56 Å². The van der Waals surface area contributed by atoms with E-state index in [1.807, 2.05) is 44.2 Å². The van der Waals surface area contributed by atoms with E-state index >= 15 is 0 Å². The summed E-state index contributed by atoms with van der Waals surface area (Å²) in [5.74, 6) is 0. The van der Waals surface area contributed by atoms with E-state index in [1.165, 1.54) is 5.56 Å². The molecule has 2 heteroatoms. The molecule has 0 aliphatic heterocycles. The third-order valence-electron chi connectivity index (χ3n) is 2.42. The number of aryl methyl sites for hydroxylation is 2. The number of hydrogen-bond donors (Lipinski definition) is 1. The predicted molar refractivity (Wildman–Crippen MR) is 62.0 cm³/mol. The molecule has 1 aromatic carbocycles. The molecule has 1 aromatic heterocycles. The Kier molecular flexibility index (Phi) is 2.42. The van der Waals surface area contributed by atoms with Gasteiger partial charge in [-0.05, 0) is 31.0 Å². The first-order valence-corrected chi connectivity index (χ1v) is 4.94. The van der Waals surface area contributed by atoms with Crippen LogP contribution in [0.25, 0.3) is 11.3 Å². The van der Waals surface area contributed by atoms with Gasteiger partial charge in [0.1, 0.15) is 0 Å². The third-order valence-corrected chi connectivity index (χ3v) is 2.42. The van der Waals surface area contributed by atoms with Crippen LogP contribution in [0.3, 0.4) is 0 Å². The summed E-state index contributed by atoms with van der Waals surface area (Å²) in [4.78, 5) is 14.2. The number of aromatic amines is 1. The van der Waals surface area contributed by atoms with E-state index < -0.39 is 0 Å². The molecule has 76 valence electrons. The quantitative estimate of drug-likeness (QED) is 0.752. The monoisotopic (exact) mass is 199 g/mol. The Bertz CT molecular complexity index is 540. The molecule has 0 fully saturated rings. The van der Waals surface area contributed by atoms with Crippen molar-refractivity contribution in [2.75, 3.05) is 0 Å². The fourth-order valence-corrected chi connectivity index (χ4v) is 1.70. The number of nitrogens with one attached hydrogen (secondary N) is 1. The first-order chi connectivity index (χ1) is 7.16. The van der Waals surface area contributed by atoms with E-state index in [1.54, 1.807) is 6.07 Å². The molecule has 0 unspecified atom stereocenters. The van der Waals surface area contributed by atoms with Gasteiger partial charge in [0, 0.05) is 17.3 Å². The Morgan fingerprint density at radius 1 is 1.07 bits per heavy atom. The lowest BCUT2D eigenvalue weighted by molar-refractivity contribution is 1.20. The molecule has 2 rings (SSSR count). The molecule has 0 amide bonds. The summed E-state index contributed by atoms with van der Waals surface area (Å²) >= 11 is 0. The zero-order valence-electron chi connectivity index (χ0n) is 8.87. The van der Waals surface area contributed by atoms with Crippen molar-refractivity contribution in [2.24, 2.45) is 0 Å². The van der Waals surface area contributed by atoms with Gasteiger partial charge in [-0.25, -0.2) is 0 Å². The molecule has 0 aliphatic rings. The van der Waals surface area contributed by atoms with E-state index in [0.29, 0.717) is 0 Å². The van der Waals surface area contributed by atoms with Crippen LogP contribution in [0.2, 0.25) is 0 Å². The van der Waals surface area contributed by atoms with E-state index in [9.17, 15) is 4.79 Å². The minimum absolute atomic E-state index is 0.0479. The molecule has 0 bridgehead atoms. The molecular weight excluding hydrogens is 186 g/mol. The van der Waals surface area contributed by atoms with Gasteiger partial charge in [-0.15, -0.1) is 0 Å². The van der Waals surface area contributed by atoms with Gasteiger partial charge in [-0.1, -0.05) is 24.3 Å². The van der Waals surface area contributed by atoms with Gasteiger partial charge >= 0.3 is 0 Å². The zero-order valence-corrected chi connectivity index (χ0v) is 8.87.